The Balaban J connectivity index is 1.49. The molecule has 4 rings (SSSR count). The van der Waals surface area contributed by atoms with Crippen LogP contribution in [0.25, 0.3) is 11.5 Å². The Kier molecular flexibility index (Phi) is 5.40. The standard InChI is InChI=1S/C20H24N4O4/c1-25-13-20(7-9-21-10-8-20)19-23-17(24-28-19)11-15-12-27-18(22-15)14-3-5-16(26-2)6-4-14/h3-6,12,21H,7-11,13H2,1-2H3. The van der Waals surface area contributed by atoms with Crippen molar-refractivity contribution in [2.24, 2.45) is 0 Å². The van der Waals surface area contributed by atoms with Crippen LogP contribution in [0.2, 0.25) is 0 Å². The van der Waals surface area contributed by atoms with Crippen LogP contribution in [0, 0.1) is 0 Å². The van der Waals surface area contributed by atoms with Gasteiger partial charge in [-0.3, -0.25) is 0 Å². The molecule has 148 valence electrons. The Morgan fingerprint density at radius 3 is 2.61 bits per heavy atom. The molecule has 0 atom stereocenters. The zero-order valence-corrected chi connectivity index (χ0v) is 16.1. The fourth-order valence-corrected chi connectivity index (χ4v) is 3.56. The number of benzene rings is 1. The number of nitrogens with zero attached hydrogens (tertiary/aromatic N) is 3. The van der Waals surface area contributed by atoms with Gasteiger partial charge in [-0.05, 0) is 50.2 Å². The first-order valence-corrected chi connectivity index (χ1v) is 9.34. The lowest BCUT2D eigenvalue weighted by atomic mass is 9.79. The molecule has 0 aliphatic carbocycles. The second-order valence-corrected chi connectivity index (χ2v) is 7.03. The highest BCUT2D eigenvalue weighted by Crippen LogP contribution is 2.33. The molecule has 0 bridgehead atoms. The van der Waals surface area contributed by atoms with Crippen molar-refractivity contribution in [3.63, 3.8) is 0 Å². The first kappa shape index (κ1) is 18.6. The second-order valence-electron chi connectivity index (χ2n) is 7.03. The SMILES string of the molecule is COCC1(c2nc(Cc3coc(-c4ccc(OC)cc4)n3)no2)CCNCC1. The third-order valence-electron chi connectivity index (χ3n) is 5.13. The van der Waals surface area contributed by atoms with Gasteiger partial charge >= 0.3 is 0 Å². The zero-order chi connectivity index (χ0) is 19.4. The first-order chi connectivity index (χ1) is 13.7. The number of piperidine rings is 1. The molecular formula is C20H24N4O4. The smallest absolute Gasteiger partial charge is 0.235 e. The molecule has 1 aromatic carbocycles. The van der Waals surface area contributed by atoms with E-state index in [-0.39, 0.29) is 5.41 Å². The minimum Gasteiger partial charge on any atom is -0.497 e. The number of nitrogens with one attached hydrogen (secondary N) is 1. The lowest BCUT2D eigenvalue weighted by Crippen LogP contribution is -2.43. The van der Waals surface area contributed by atoms with Gasteiger partial charge in [-0.25, -0.2) is 4.98 Å². The molecule has 28 heavy (non-hydrogen) atoms. The summed E-state index contributed by atoms with van der Waals surface area (Å²) in [5.74, 6) is 2.58. The molecule has 3 heterocycles. The molecule has 0 unspecified atom stereocenters. The summed E-state index contributed by atoms with van der Waals surface area (Å²) in [7, 11) is 3.34. The topological polar surface area (TPSA) is 95.4 Å². The van der Waals surface area contributed by atoms with Crippen LogP contribution in [0.5, 0.6) is 5.75 Å². The van der Waals surface area contributed by atoms with E-state index in [2.05, 4.69) is 20.4 Å². The largest absolute Gasteiger partial charge is 0.497 e. The molecular weight excluding hydrogens is 360 g/mol. The van der Waals surface area contributed by atoms with Crippen LogP contribution in [0.1, 0.15) is 30.3 Å². The molecule has 0 amide bonds. The van der Waals surface area contributed by atoms with Crippen LogP contribution in [-0.4, -0.2) is 49.0 Å². The Labute approximate surface area is 163 Å². The van der Waals surface area contributed by atoms with E-state index in [9.17, 15) is 0 Å². The predicted molar refractivity (Wildman–Crippen MR) is 101 cm³/mol. The fraction of sp³-hybridized carbons (Fsp3) is 0.450. The Bertz CT molecular complexity index is 892. The molecule has 2 aromatic heterocycles. The molecule has 1 fully saturated rings. The summed E-state index contributed by atoms with van der Waals surface area (Å²) >= 11 is 0. The maximum Gasteiger partial charge on any atom is 0.235 e. The van der Waals surface area contributed by atoms with Gasteiger partial charge in [0.15, 0.2) is 5.82 Å². The van der Waals surface area contributed by atoms with E-state index in [1.54, 1.807) is 20.5 Å². The number of aromatic nitrogens is 3. The van der Waals surface area contributed by atoms with Crippen molar-refractivity contribution >= 4 is 0 Å². The van der Waals surface area contributed by atoms with Crippen molar-refractivity contribution in [3.05, 3.63) is 47.9 Å². The van der Waals surface area contributed by atoms with Crippen molar-refractivity contribution in [3.8, 4) is 17.2 Å². The summed E-state index contributed by atoms with van der Waals surface area (Å²) in [4.78, 5) is 9.18. The van der Waals surface area contributed by atoms with Gasteiger partial charge in [0, 0.05) is 12.7 Å². The quantitative estimate of drug-likeness (QED) is 0.664. The molecule has 1 aliphatic heterocycles. The van der Waals surface area contributed by atoms with Crippen LogP contribution in [-0.2, 0) is 16.6 Å². The third-order valence-corrected chi connectivity index (χ3v) is 5.13. The van der Waals surface area contributed by atoms with Crippen LogP contribution in [0.3, 0.4) is 0 Å². The summed E-state index contributed by atoms with van der Waals surface area (Å²) in [5.41, 5.74) is 1.42. The number of ether oxygens (including phenoxy) is 2. The predicted octanol–water partition coefficient (Wildman–Crippen LogP) is 2.59. The van der Waals surface area contributed by atoms with Crippen molar-refractivity contribution in [2.45, 2.75) is 24.7 Å². The van der Waals surface area contributed by atoms with Gasteiger partial charge in [0.1, 0.15) is 12.0 Å². The number of methoxy groups -OCH3 is 2. The number of oxazole rings is 1. The molecule has 8 heteroatoms. The van der Waals surface area contributed by atoms with E-state index in [1.807, 2.05) is 24.3 Å². The van der Waals surface area contributed by atoms with Crippen LogP contribution in [0.4, 0.5) is 0 Å². The summed E-state index contributed by atoms with van der Waals surface area (Å²) < 4.78 is 21.8. The lowest BCUT2D eigenvalue weighted by Gasteiger charge is -2.33. The van der Waals surface area contributed by atoms with Gasteiger partial charge in [0.25, 0.3) is 0 Å². The molecule has 8 nitrogen and oxygen atoms in total. The average molecular weight is 384 g/mol. The maximum absolute atomic E-state index is 5.61. The van der Waals surface area contributed by atoms with Crippen LogP contribution >= 0.6 is 0 Å². The van der Waals surface area contributed by atoms with Crippen LogP contribution < -0.4 is 10.1 Å². The second kappa shape index (κ2) is 8.12. The minimum absolute atomic E-state index is 0.219. The zero-order valence-electron chi connectivity index (χ0n) is 16.1. The van der Waals surface area contributed by atoms with Crippen molar-refractivity contribution in [1.29, 1.82) is 0 Å². The van der Waals surface area contributed by atoms with Gasteiger partial charge in [-0.15, -0.1) is 0 Å². The van der Waals surface area contributed by atoms with Gasteiger partial charge in [0.2, 0.25) is 11.8 Å². The highest BCUT2D eigenvalue weighted by molar-refractivity contribution is 5.54. The molecule has 0 radical (unpaired) electrons. The van der Waals surface area contributed by atoms with Gasteiger partial charge < -0.3 is 23.7 Å². The van der Waals surface area contributed by atoms with E-state index in [0.29, 0.717) is 30.6 Å². The Hall–Kier alpha value is -2.71. The molecule has 0 saturated carbocycles. The molecule has 0 spiro atoms. The van der Waals surface area contributed by atoms with E-state index in [4.69, 9.17) is 18.4 Å². The molecule has 1 saturated heterocycles. The van der Waals surface area contributed by atoms with E-state index in [0.717, 1.165) is 42.9 Å². The monoisotopic (exact) mass is 384 g/mol. The minimum atomic E-state index is -0.219. The van der Waals surface area contributed by atoms with Gasteiger partial charge in [0.05, 0.1) is 31.2 Å². The fourth-order valence-electron chi connectivity index (χ4n) is 3.56. The van der Waals surface area contributed by atoms with Gasteiger partial charge in [-0.2, -0.15) is 4.98 Å². The van der Waals surface area contributed by atoms with Crippen molar-refractivity contribution < 1.29 is 18.4 Å². The van der Waals surface area contributed by atoms with Crippen LogP contribution in [0.15, 0.2) is 39.5 Å². The van der Waals surface area contributed by atoms with Gasteiger partial charge in [-0.1, -0.05) is 5.16 Å². The highest BCUT2D eigenvalue weighted by Gasteiger charge is 2.39. The molecule has 3 aromatic rings. The Morgan fingerprint density at radius 2 is 1.89 bits per heavy atom. The lowest BCUT2D eigenvalue weighted by molar-refractivity contribution is 0.0849. The van der Waals surface area contributed by atoms with E-state index < -0.39 is 0 Å². The Morgan fingerprint density at radius 1 is 1.11 bits per heavy atom. The summed E-state index contributed by atoms with van der Waals surface area (Å²) in [5, 5.41) is 7.52. The van der Waals surface area contributed by atoms with E-state index >= 15 is 0 Å². The molecule has 1 aliphatic rings. The average Bonchev–Trinajstić information content (AvgIpc) is 3.40. The summed E-state index contributed by atoms with van der Waals surface area (Å²) in [6.45, 7) is 2.40. The maximum atomic E-state index is 5.61. The first-order valence-electron chi connectivity index (χ1n) is 9.34. The highest BCUT2D eigenvalue weighted by atomic mass is 16.5. The number of hydrogen-bond acceptors (Lipinski definition) is 8. The third kappa shape index (κ3) is 3.79. The summed E-state index contributed by atoms with van der Waals surface area (Å²) in [6, 6.07) is 7.57. The molecule has 1 N–H and O–H groups in total. The number of rotatable bonds is 7. The van der Waals surface area contributed by atoms with Crippen molar-refractivity contribution in [1.82, 2.24) is 20.4 Å². The van der Waals surface area contributed by atoms with Crippen molar-refractivity contribution in [2.75, 3.05) is 33.9 Å². The normalized spacial score (nSPS) is 16.2. The summed E-state index contributed by atoms with van der Waals surface area (Å²) in [6.07, 6.45) is 3.90. The van der Waals surface area contributed by atoms with E-state index in [1.165, 1.54) is 0 Å². The number of hydrogen-bond donors (Lipinski definition) is 1.